The minimum atomic E-state index is -1.70. The van der Waals surface area contributed by atoms with Crippen molar-refractivity contribution in [2.75, 3.05) is 13.2 Å². The first-order chi connectivity index (χ1) is 15.3. The van der Waals surface area contributed by atoms with Crippen LogP contribution in [-0.4, -0.2) is 88.3 Å². The molecule has 0 saturated carbocycles. The lowest BCUT2D eigenvalue weighted by atomic mass is 10.0. The van der Waals surface area contributed by atoms with Crippen molar-refractivity contribution >= 4 is 35.6 Å². The van der Waals surface area contributed by atoms with E-state index in [1.165, 1.54) is 0 Å². The molecule has 0 aliphatic carbocycles. The lowest BCUT2D eigenvalue weighted by Gasteiger charge is -2.26. The molecule has 0 fully saturated rings. The van der Waals surface area contributed by atoms with Crippen LogP contribution >= 0.6 is 0 Å². The summed E-state index contributed by atoms with van der Waals surface area (Å²) in [7, 11) is 0. The maximum atomic E-state index is 12.8. The third-order valence-corrected chi connectivity index (χ3v) is 4.35. The number of nitrogens with two attached hydrogens (primary N) is 3. The van der Waals surface area contributed by atoms with E-state index < -0.39 is 72.8 Å². The number of carbonyl (C=O) groups is 5. The van der Waals surface area contributed by atoms with E-state index >= 15 is 0 Å². The van der Waals surface area contributed by atoms with Gasteiger partial charge in [-0.05, 0) is 18.8 Å². The number of hydrogen-bond donors (Lipinski definition) is 9. The minimum Gasteiger partial charge on any atom is -0.481 e. The summed E-state index contributed by atoms with van der Waals surface area (Å²) in [6.07, 6.45) is -0.541. The standard InChI is InChI=1S/C18H33N7O8/c1-8(2)13(16(31)24-11(17(32)33)6-12(27)28)25-15(30)10(4-3-5-22-18(20)21)23-14(29)9(19)7-26/h8-11,13,26H,3-7,19H2,1-2H3,(H,23,29)(H,24,31)(H,25,30)(H,27,28)(H,32,33)(H4,20,21,22). The summed E-state index contributed by atoms with van der Waals surface area (Å²) >= 11 is 0. The highest BCUT2D eigenvalue weighted by molar-refractivity contribution is 5.94. The van der Waals surface area contributed by atoms with Crippen LogP contribution in [0.4, 0.5) is 0 Å². The van der Waals surface area contributed by atoms with Gasteiger partial charge in [0.05, 0.1) is 13.0 Å². The third-order valence-electron chi connectivity index (χ3n) is 4.35. The molecule has 15 heteroatoms. The summed E-state index contributed by atoms with van der Waals surface area (Å²) in [6, 6.07) is -5.40. The summed E-state index contributed by atoms with van der Waals surface area (Å²) in [5.41, 5.74) is 15.9. The second-order valence-electron chi connectivity index (χ2n) is 7.53. The summed E-state index contributed by atoms with van der Waals surface area (Å²) in [6.45, 7) is 2.64. The Bertz CT molecular complexity index is 739. The number of nitrogens with one attached hydrogen (secondary N) is 3. The molecule has 0 radical (unpaired) electrons. The number of carbonyl (C=O) groups excluding carboxylic acids is 3. The van der Waals surface area contributed by atoms with Gasteiger partial charge in [0.2, 0.25) is 17.7 Å². The maximum absolute atomic E-state index is 12.8. The van der Waals surface area contributed by atoms with E-state index in [-0.39, 0.29) is 25.3 Å². The number of aliphatic hydroxyl groups is 1. The molecule has 0 aliphatic rings. The molecule has 4 unspecified atom stereocenters. The number of aliphatic carboxylic acids is 2. The molecule has 33 heavy (non-hydrogen) atoms. The van der Waals surface area contributed by atoms with Crippen molar-refractivity contribution in [1.82, 2.24) is 16.0 Å². The Morgan fingerprint density at radius 3 is 1.94 bits per heavy atom. The molecule has 0 aromatic rings. The van der Waals surface area contributed by atoms with Gasteiger partial charge in [0.25, 0.3) is 0 Å². The second-order valence-corrected chi connectivity index (χ2v) is 7.53. The Labute approximate surface area is 190 Å². The van der Waals surface area contributed by atoms with Gasteiger partial charge in [0.15, 0.2) is 5.96 Å². The van der Waals surface area contributed by atoms with Crippen molar-refractivity contribution in [2.24, 2.45) is 28.1 Å². The monoisotopic (exact) mass is 475 g/mol. The Kier molecular flexibility index (Phi) is 13.0. The molecule has 0 bridgehead atoms. The van der Waals surface area contributed by atoms with Crippen molar-refractivity contribution < 1.29 is 39.3 Å². The van der Waals surface area contributed by atoms with Gasteiger partial charge in [-0.3, -0.25) is 24.2 Å². The number of nitrogens with zero attached hydrogens (tertiary/aromatic N) is 1. The van der Waals surface area contributed by atoms with Crippen LogP contribution in [0.5, 0.6) is 0 Å². The third kappa shape index (κ3) is 11.6. The van der Waals surface area contributed by atoms with E-state index in [2.05, 4.69) is 20.9 Å². The minimum absolute atomic E-state index is 0.0513. The molecular formula is C18H33N7O8. The number of amides is 3. The zero-order valence-corrected chi connectivity index (χ0v) is 18.5. The Balaban J connectivity index is 5.47. The number of carboxylic acid groups (broad SMARTS) is 2. The second kappa shape index (κ2) is 14.6. The lowest BCUT2D eigenvalue weighted by Crippen LogP contribution is -2.58. The summed E-state index contributed by atoms with van der Waals surface area (Å²) in [4.78, 5) is 63.3. The molecule has 12 N–H and O–H groups in total. The zero-order chi connectivity index (χ0) is 25.7. The van der Waals surface area contributed by atoms with Crippen LogP contribution in [0.1, 0.15) is 33.1 Å². The zero-order valence-electron chi connectivity index (χ0n) is 18.5. The fourth-order valence-corrected chi connectivity index (χ4v) is 2.56. The van der Waals surface area contributed by atoms with Gasteiger partial charge in [0.1, 0.15) is 24.2 Å². The molecule has 0 spiro atoms. The Morgan fingerprint density at radius 1 is 0.909 bits per heavy atom. The number of guanidine groups is 1. The van der Waals surface area contributed by atoms with Crippen molar-refractivity contribution in [3.05, 3.63) is 0 Å². The van der Waals surface area contributed by atoms with Crippen LogP contribution in [0.3, 0.4) is 0 Å². The quantitative estimate of drug-likeness (QED) is 0.0625. The van der Waals surface area contributed by atoms with Gasteiger partial charge in [0, 0.05) is 6.54 Å². The van der Waals surface area contributed by atoms with Crippen LogP contribution < -0.4 is 33.2 Å². The van der Waals surface area contributed by atoms with E-state index in [0.717, 1.165) is 0 Å². The van der Waals surface area contributed by atoms with Gasteiger partial charge in [-0.1, -0.05) is 13.8 Å². The van der Waals surface area contributed by atoms with Crippen LogP contribution in [0.25, 0.3) is 0 Å². The van der Waals surface area contributed by atoms with E-state index in [1.807, 2.05) is 0 Å². The van der Waals surface area contributed by atoms with E-state index in [1.54, 1.807) is 13.8 Å². The maximum Gasteiger partial charge on any atom is 0.326 e. The number of aliphatic imine (C=N–C) groups is 1. The molecule has 0 aromatic heterocycles. The molecule has 0 aliphatic heterocycles. The van der Waals surface area contributed by atoms with Crippen molar-refractivity contribution in [2.45, 2.75) is 57.3 Å². The van der Waals surface area contributed by atoms with Crippen molar-refractivity contribution in [3.63, 3.8) is 0 Å². The number of hydrogen-bond acceptors (Lipinski definition) is 8. The molecule has 0 saturated heterocycles. The fraction of sp³-hybridized carbons (Fsp3) is 0.667. The fourth-order valence-electron chi connectivity index (χ4n) is 2.56. The first-order valence-electron chi connectivity index (χ1n) is 10.1. The van der Waals surface area contributed by atoms with E-state index in [4.69, 9.17) is 32.5 Å². The van der Waals surface area contributed by atoms with Crippen molar-refractivity contribution in [3.8, 4) is 0 Å². The highest BCUT2D eigenvalue weighted by atomic mass is 16.4. The molecule has 4 atom stereocenters. The molecule has 15 nitrogen and oxygen atoms in total. The van der Waals surface area contributed by atoms with Crippen LogP contribution in [0.2, 0.25) is 0 Å². The van der Waals surface area contributed by atoms with Gasteiger partial charge < -0.3 is 48.5 Å². The smallest absolute Gasteiger partial charge is 0.326 e. The van der Waals surface area contributed by atoms with Crippen LogP contribution in [0.15, 0.2) is 4.99 Å². The molecule has 3 amide bonds. The predicted octanol–water partition coefficient (Wildman–Crippen LogP) is -3.97. The summed E-state index contributed by atoms with van der Waals surface area (Å²) in [5.74, 6) is -6.17. The highest BCUT2D eigenvalue weighted by Gasteiger charge is 2.32. The number of carboxylic acids is 2. The largest absolute Gasteiger partial charge is 0.481 e. The molecule has 0 rings (SSSR count). The van der Waals surface area contributed by atoms with Crippen molar-refractivity contribution in [1.29, 1.82) is 0 Å². The highest BCUT2D eigenvalue weighted by Crippen LogP contribution is 2.07. The van der Waals surface area contributed by atoms with Gasteiger partial charge in [-0.25, -0.2) is 4.79 Å². The first-order valence-corrected chi connectivity index (χ1v) is 10.1. The summed E-state index contributed by atoms with van der Waals surface area (Å²) in [5, 5.41) is 33.9. The summed E-state index contributed by atoms with van der Waals surface area (Å²) < 4.78 is 0. The lowest BCUT2D eigenvalue weighted by molar-refractivity contribution is -0.147. The Hall–Kier alpha value is -3.46. The van der Waals surface area contributed by atoms with E-state index in [9.17, 15) is 24.0 Å². The normalized spacial score (nSPS) is 14.3. The number of rotatable bonds is 15. The molecule has 188 valence electrons. The van der Waals surface area contributed by atoms with E-state index in [0.29, 0.717) is 0 Å². The van der Waals surface area contributed by atoms with Crippen LogP contribution in [0, 0.1) is 5.92 Å². The molecule has 0 heterocycles. The number of aliphatic hydroxyl groups excluding tert-OH is 1. The van der Waals surface area contributed by atoms with Gasteiger partial charge in [-0.15, -0.1) is 0 Å². The van der Waals surface area contributed by atoms with Gasteiger partial charge >= 0.3 is 11.9 Å². The average Bonchev–Trinajstić information content (AvgIpc) is 2.71. The van der Waals surface area contributed by atoms with Gasteiger partial charge in [-0.2, -0.15) is 0 Å². The molecule has 0 aromatic carbocycles. The predicted molar refractivity (Wildman–Crippen MR) is 115 cm³/mol. The average molecular weight is 476 g/mol. The van der Waals surface area contributed by atoms with Crippen LogP contribution in [-0.2, 0) is 24.0 Å². The molecular weight excluding hydrogens is 442 g/mol. The topological polar surface area (TPSA) is 273 Å². The SMILES string of the molecule is CC(C)C(NC(=O)C(CCCN=C(N)N)NC(=O)C(N)CO)C(=O)NC(CC(=O)O)C(=O)O. The Morgan fingerprint density at radius 2 is 1.48 bits per heavy atom. The first kappa shape index (κ1) is 29.5.